The fraction of sp³-hybridized carbons (Fsp3) is 0.0870. The van der Waals surface area contributed by atoms with Crippen LogP contribution in [-0.4, -0.2) is 27.9 Å². The molecule has 0 bridgehead atoms. The van der Waals surface area contributed by atoms with E-state index in [0.717, 1.165) is 22.4 Å². The number of sulfonamides is 1. The summed E-state index contributed by atoms with van der Waals surface area (Å²) in [6, 6.07) is 15.8. The molecule has 0 aliphatic rings. The van der Waals surface area contributed by atoms with Crippen molar-refractivity contribution < 1.29 is 13.2 Å². The summed E-state index contributed by atoms with van der Waals surface area (Å²) in [6.45, 7) is 3.85. The molecule has 4 aromatic rings. The molecule has 32 heavy (non-hydrogen) atoms. The Morgan fingerprint density at radius 3 is 2.41 bits per heavy atom. The average Bonchev–Trinajstić information content (AvgIpc) is 3.21. The predicted octanol–water partition coefficient (Wildman–Crippen LogP) is 4.48. The van der Waals surface area contributed by atoms with Gasteiger partial charge in [0.2, 0.25) is 5.88 Å². The van der Waals surface area contributed by atoms with Crippen LogP contribution >= 0.6 is 0 Å². The Balaban J connectivity index is 1.42. The zero-order valence-corrected chi connectivity index (χ0v) is 18.3. The Labute approximate surface area is 186 Å². The second-order valence-electron chi connectivity index (χ2n) is 7.05. The van der Waals surface area contributed by atoms with Gasteiger partial charge in [0.15, 0.2) is 0 Å². The van der Waals surface area contributed by atoms with Gasteiger partial charge < -0.3 is 4.74 Å². The molecular weight excluding hydrogens is 426 g/mol. The number of anilines is 1. The van der Waals surface area contributed by atoms with Crippen LogP contribution < -0.4 is 9.46 Å². The number of imidazole rings is 1. The molecule has 162 valence electrons. The minimum atomic E-state index is -3.65. The minimum Gasteiger partial charge on any atom is -0.439 e. The zero-order valence-electron chi connectivity index (χ0n) is 17.5. The Bertz CT molecular complexity index is 1350. The van der Waals surface area contributed by atoms with Crippen LogP contribution in [-0.2, 0) is 10.0 Å². The van der Waals surface area contributed by atoms with Crippen molar-refractivity contribution in [2.75, 3.05) is 4.72 Å². The lowest BCUT2D eigenvalue weighted by atomic mass is 10.2. The molecular formula is C23H21N5O3S. The topological polar surface area (TPSA) is 99.0 Å². The third-order valence-corrected chi connectivity index (χ3v) is 5.57. The van der Waals surface area contributed by atoms with E-state index in [1.807, 2.05) is 42.7 Å². The Morgan fingerprint density at radius 1 is 0.969 bits per heavy atom. The molecule has 9 heteroatoms. The van der Waals surface area contributed by atoms with Gasteiger partial charge >= 0.3 is 0 Å². The molecule has 8 nitrogen and oxygen atoms in total. The monoisotopic (exact) mass is 447 g/mol. The van der Waals surface area contributed by atoms with Crippen LogP contribution in [0.4, 0.5) is 5.69 Å². The van der Waals surface area contributed by atoms with Gasteiger partial charge in [0.05, 0.1) is 5.41 Å². The number of rotatable bonds is 7. The molecule has 0 fully saturated rings. The summed E-state index contributed by atoms with van der Waals surface area (Å²) in [7, 11) is -3.65. The molecule has 0 unspecified atom stereocenters. The number of benzene rings is 2. The summed E-state index contributed by atoms with van der Waals surface area (Å²) in [6.07, 6.45) is 6.45. The first-order chi connectivity index (χ1) is 15.4. The summed E-state index contributed by atoms with van der Waals surface area (Å²) < 4.78 is 34.8. The Hall–Kier alpha value is -3.98. The maximum Gasteiger partial charge on any atom is 0.255 e. The highest BCUT2D eigenvalue weighted by molar-refractivity contribution is 7.95. The highest BCUT2D eigenvalue weighted by Gasteiger charge is 2.08. The molecule has 2 aromatic carbocycles. The van der Waals surface area contributed by atoms with Crippen molar-refractivity contribution in [3.05, 3.63) is 95.7 Å². The molecule has 0 saturated carbocycles. The number of nitrogens with zero attached hydrogens (tertiary/aromatic N) is 4. The lowest BCUT2D eigenvalue weighted by Gasteiger charge is -2.09. The van der Waals surface area contributed by atoms with Gasteiger partial charge in [0, 0.05) is 24.1 Å². The van der Waals surface area contributed by atoms with Crippen LogP contribution in [0.2, 0.25) is 0 Å². The van der Waals surface area contributed by atoms with Crippen LogP contribution in [0.25, 0.3) is 11.9 Å². The van der Waals surface area contributed by atoms with E-state index < -0.39 is 10.0 Å². The first-order valence-electron chi connectivity index (χ1n) is 9.76. The first kappa shape index (κ1) is 21.3. The highest BCUT2D eigenvalue weighted by Crippen LogP contribution is 2.23. The largest absolute Gasteiger partial charge is 0.439 e. The fourth-order valence-electron chi connectivity index (χ4n) is 2.89. The van der Waals surface area contributed by atoms with Crippen LogP contribution in [0.1, 0.15) is 17.0 Å². The van der Waals surface area contributed by atoms with E-state index in [2.05, 4.69) is 19.7 Å². The van der Waals surface area contributed by atoms with Crippen molar-refractivity contribution >= 4 is 21.8 Å². The zero-order chi connectivity index (χ0) is 22.6. The van der Waals surface area contributed by atoms with Crippen molar-refractivity contribution in [1.82, 2.24) is 19.5 Å². The predicted molar refractivity (Wildman–Crippen MR) is 123 cm³/mol. The number of aryl methyl sites for hydroxylation is 2. The van der Waals surface area contributed by atoms with Gasteiger partial charge in [-0.3, -0.25) is 9.29 Å². The van der Waals surface area contributed by atoms with Gasteiger partial charge in [-0.1, -0.05) is 29.8 Å². The van der Waals surface area contributed by atoms with Crippen molar-refractivity contribution in [3.63, 3.8) is 0 Å². The summed E-state index contributed by atoms with van der Waals surface area (Å²) in [5.74, 6) is 2.30. The molecule has 0 amide bonds. The molecule has 1 N–H and O–H groups in total. The van der Waals surface area contributed by atoms with E-state index in [1.54, 1.807) is 48.8 Å². The highest BCUT2D eigenvalue weighted by atomic mass is 32.2. The van der Waals surface area contributed by atoms with Crippen LogP contribution in [0.5, 0.6) is 11.6 Å². The summed E-state index contributed by atoms with van der Waals surface area (Å²) in [4.78, 5) is 12.5. The van der Waals surface area contributed by atoms with E-state index in [0.29, 0.717) is 23.1 Å². The fourth-order valence-corrected chi connectivity index (χ4v) is 3.76. The van der Waals surface area contributed by atoms with E-state index in [9.17, 15) is 8.42 Å². The maximum atomic E-state index is 12.3. The Morgan fingerprint density at radius 2 is 1.72 bits per heavy atom. The molecule has 4 rings (SSSR count). The van der Waals surface area contributed by atoms with Gasteiger partial charge in [-0.2, -0.15) is 0 Å². The lowest BCUT2D eigenvalue weighted by molar-refractivity contribution is 0.461. The lowest BCUT2D eigenvalue weighted by Crippen LogP contribution is -2.08. The molecule has 0 aliphatic heterocycles. The van der Waals surface area contributed by atoms with Crippen molar-refractivity contribution in [2.45, 2.75) is 13.8 Å². The van der Waals surface area contributed by atoms with Gasteiger partial charge in [0.1, 0.15) is 23.7 Å². The van der Waals surface area contributed by atoms with Gasteiger partial charge in [0.25, 0.3) is 10.0 Å². The average molecular weight is 448 g/mol. The molecule has 0 radical (unpaired) electrons. The van der Waals surface area contributed by atoms with Crippen molar-refractivity contribution in [3.8, 4) is 17.4 Å². The minimum absolute atomic E-state index is 0.359. The number of hydrogen-bond donors (Lipinski definition) is 1. The Kier molecular flexibility index (Phi) is 6.00. The third kappa shape index (κ3) is 5.38. The smallest absolute Gasteiger partial charge is 0.255 e. The van der Waals surface area contributed by atoms with E-state index >= 15 is 0 Å². The number of nitrogens with one attached hydrogen (secondary N) is 1. The van der Waals surface area contributed by atoms with Gasteiger partial charge in [-0.05, 0) is 49.8 Å². The quantitative estimate of drug-likeness (QED) is 0.448. The first-order valence-corrected chi connectivity index (χ1v) is 11.3. The molecule has 0 aliphatic carbocycles. The summed E-state index contributed by atoms with van der Waals surface area (Å²) in [5.41, 5.74) is 2.34. The normalized spacial score (nSPS) is 11.6. The summed E-state index contributed by atoms with van der Waals surface area (Å²) in [5, 5.41) is 1.14. The van der Waals surface area contributed by atoms with E-state index in [-0.39, 0.29) is 0 Å². The number of hydrogen-bond acceptors (Lipinski definition) is 6. The molecule has 2 heterocycles. The second-order valence-corrected chi connectivity index (χ2v) is 8.61. The SMILES string of the molecule is Cc1ccc(/C=C/S(=O)(=O)Nc2ccc(Oc3cc(-n4ccnc4C)ncn3)cc2)cc1. The van der Waals surface area contributed by atoms with Crippen LogP contribution in [0.3, 0.4) is 0 Å². The maximum absolute atomic E-state index is 12.3. The molecule has 2 aromatic heterocycles. The van der Waals surface area contributed by atoms with Gasteiger partial charge in [-0.25, -0.2) is 23.4 Å². The van der Waals surface area contributed by atoms with Crippen LogP contribution in [0.15, 0.2) is 78.7 Å². The standard InChI is InChI=1S/C23H21N5O3S/c1-17-3-5-19(6-4-17)11-14-32(29,30)27-20-7-9-21(10-8-20)31-23-15-22(25-16-26-23)28-13-12-24-18(28)2/h3-16,27H,1-2H3/b14-11+. The number of aromatic nitrogens is 4. The summed E-state index contributed by atoms with van der Waals surface area (Å²) >= 11 is 0. The second kappa shape index (κ2) is 9.03. The van der Waals surface area contributed by atoms with Crippen molar-refractivity contribution in [2.24, 2.45) is 0 Å². The van der Waals surface area contributed by atoms with Crippen molar-refractivity contribution in [1.29, 1.82) is 0 Å². The molecule has 0 saturated heterocycles. The van der Waals surface area contributed by atoms with E-state index in [1.165, 1.54) is 6.33 Å². The number of ether oxygens (including phenoxy) is 1. The van der Waals surface area contributed by atoms with E-state index in [4.69, 9.17) is 4.74 Å². The van der Waals surface area contributed by atoms with Gasteiger partial charge in [-0.15, -0.1) is 0 Å². The molecule has 0 atom stereocenters. The third-order valence-electron chi connectivity index (χ3n) is 4.55. The van der Waals surface area contributed by atoms with Crippen LogP contribution in [0, 0.1) is 13.8 Å². The molecule has 0 spiro atoms.